The Morgan fingerprint density at radius 1 is 1.62 bits per heavy atom. The molecule has 0 aromatic heterocycles. The Balaban J connectivity index is 3.83. The summed E-state index contributed by atoms with van der Waals surface area (Å²) in [6.45, 7) is 0.114. The largest absolute Gasteiger partial charge is 0.480 e. The van der Waals surface area contributed by atoms with Crippen molar-refractivity contribution in [2.24, 2.45) is 0 Å². The Bertz CT molecular complexity index is 182. The molecule has 78 valence electrons. The van der Waals surface area contributed by atoms with Crippen molar-refractivity contribution in [3.63, 3.8) is 0 Å². The first-order valence-electron chi connectivity index (χ1n) is 3.30. The fourth-order valence-corrected chi connectivity index (χ4v) is 0.467. The maximum Gasteiger partial charge on any atom is 0.414 e. The molecule has 0 aromatic carbocycles. The first-order valence-corrected chi connectivity index (χ1v) is 3.74. The zero-order valence-corrected chi connectivity index (χ0v) is 7.39. The SMILES string of the molecule is CC(OCC(Cl)C(=O)O)C(F)(F)F. The third-order valence-corrected chi connectivity index (χ3v) is 1.53. The number of carboxylic acids is 1. The van der Waals surface area contributed by atoms with Crippen LogP contribution in [0, 0.1) is 0 Å². The summed E-state index contributed by atoms with van der Waals surface area (Å²) < 4.78 is 39.5. The lowest BCUT2D eigenvalue weighted by molar-refractivity contribution is -0.214. The van der Waals surface area contributed by atoms with Gasteiger partial charge in [-0.3, -0.25) is 4.79 Å². The van der Waals surface area contributed by atoms with E-state index in [4.69, 9.17) is 16.7 Å². The van der Waals surface area contributed by atoms with Gasteiger partial charge in [0.2, 0.25) is 0 Å². The summed E-state index contributed by atoms with van der Waals surface area (Å²) in [4.78, 5) is 10.1. The lowest BCUT2D eigenvalue weighted by Crippen LogP contribution is -2.32. The van der Waals surface area contributed by atoms with Crippen molar-refractivity contribution in [3.05, 3.63) is 0 Å². The average Bonchev–Trinajstić information content (AvgIpc) is 1.97. The quantitative estimate of drug-likeness (QED) is 0.733. The maximum atomic E-state index is 11.8. The van der Waals surface area contributed by atoms with Gasteiger partial charge in [0.1, 0.15) is 0 Å². The zero-order chi connectivity index (χ0) is 10.6. The number of carbonyl (C=O) groups is 1. The van der Waals surface area contributed by atoms with Crippen LogP contribution in [0.1, 0.15) is 6.92 Å². The molecule has 13 heavy (non-hydrogen) atoms. The van der Waals surface area contributed by atoms with Gasteiger partial charge in [-0.05, 0) is 6.92 Å². The van der Waals surface area contributed by atoms with E-state index in [0.29, 0.717) is 0 Å². The minimum atomic E-state index is -4.49. The molecule has 0 fully saturated rings. The second-order valence-corrected chi connectivity index (χ2v) is 2.85. The molecule has 0 rings (SSSR count). The van der Waals surface area contributed by atoms with E-state index in [0.717, 1.165) is 6.92 Å². The lowest BCUT2D eigenvalue weighted by atomic mass is 10.4. The van der Waals surface area contributed by atoms with Gasteiger partial charge in [0, 0.05) is 0 Å². The van der Waals surface area contributed by atoms with Gasteiger partial charge in [-0.25, -0.2) is 0 Å². The minimum absolute atomic E-state index is 0.669. The summed E-state index contributed by atoms with van der Waals surface area (Å²) in [6, 6.07) is 0. The van der Waals surface area contributed by atoms with Crippen molar-refractivity contribution in [2.45, 2.75) is 24.6 Å². The summed E-state index contributed by atoms with van der Waals surface area (Å²) in [6.07, 6.45) is -6.50. The molecule has 0 aliphatic rings. The summed E-state index contributed by atoms with van der Waals surface area (Å²) in [5, 5.41) is 6.75. The smallest absolute Gasteiger partial charge is 0.414 e. The molecule has 3 nitrogen and oxygen atoms in total. The molecular weight excluding hydrogens is 213 g/mol. The highest BCUT2D eigenvalue weighted by Gasteiger charge is 2.37. The predicted octanol–water partition coefficient (Wildman–Crippen LogP) is 1.65. The summed E-state index contributed by atoms with van der Waals surface area (Å²) >= 11 is 5.12. The third kappa shape index (κ3) is 4.94. The Kier molecular flexibility index (Phi) is 4.49. The number of hydrogen-bond acceptors (Lipinski definition) is 2. The van der Waals surface area contributed by atoms with E-state index in [9.17, 15) is 18.0 Å². The number of aliphatic carboxylic acids is 1. The maximum absolute atomic E-state index is 11.8. The van der Waals surface area contributed by atoms with E-state index in [1.807, 2.05) is 0 Å². The Labute approximate surface area is 77.4 Å². The molecule has 0 bridgehead atoms. The van der Waals surface area contributed by atoms with Crippen LogP contribution in [0.4, 0.5) is 13.2 Å². The first kappa shape index (κ1) is 12.5. The molecule has 1 N–H and O–H groups in total. The first-order chi connectivity index (χ1) is 5.75. The molecule has 0 aliphatic heterocycles. The number of ether oxygens (including phenoxy) is 1. The van der Waals surface area contributed by atoms with Gasteiger partial charge >= 0.3 is 12.1 Å². The van der Waals surface area contributed by atoms with Crippen LogP contribution < -0.4 is 0 Å². The van der Waals surface area contributed by atoms with Crippen molar-refractivity contribution >= 4 is 17.6 Å². The van der Waals surface area contributed by atoms with Crippen molar-refractivity contribution in [1.82, 2.24) is 0 Å². The van der Waals surface area contributed by atoms with E-state index >= 15 is 0 Å². The van der Waals surface area contributed by atoms with Crippen molar-refractivity contribution < 1.29 is 27.8 Å². The topological polar surface area (TPSA) is 46.5 Å². The van der Waals surface area contributed by atoms with E-state index in [2.05, 4.69) is 4.74 Å². The van der Waals surface area contributed by atoms with Crippen LogP contribution >= 0.6 is 11.6 Å². The van der Waals surface area contributed by atoms with E-state index < -0.39 is 30.2 Å². The molecule has 7 heteroatoms. The fourth-order valence-electron chi connectivity index (χ4n) is 0.395. The predicted molar refractivity (Wildman–Crippen MR) is 38.7 cm³/mol. The monoisotopic (exact) mass is 220 g/mol. The van der Waals surface area contributed by atoms with Crippen LogP contribution in [0.5, 0.6) is 0 Å². The average molecular weight is 221 g/mol. The van der Waals surface area contributed by atoms with Crippen molar-refractivity contribution in [1.29, 1.82) is 0 Å². The Hall–Kier alpha value is -0.490. The van der Waals surface area contributed by atoms with Crippen LogP contribution in [-0.4, -0.2) is 35.3 Å². The summed E-state index contributed by atoms with van der Waals surface area (Å²) in [5.41, 5.74) is 0. The second-order valence-electron chi connectivity index (χ2n) is 2.32. The second kappa shape index (κ2) is 4.66. The fraction of sp³-hybridized carbons (Fsp3) is 0.833. The van der Waals surface area contributed by atoms with Gasteiger partial charge in [-0.2, -0.15) is 13.2 Å². The van der Waals surface area contributed by atoms with Gasteiger partial charge in [0.25, 0.3) is 0 Å². The van der Waals surface area contributed by atoms with Gasteiger partial charge in [-0.1, -0.05) is 0 Å². The van der Waals surface area contributed by atoms with Gasteiger partial charge in [-0.15, -0.1) is 11.6 Å². The number of halogens is 4. The van der Waals surface area contributed by atoms with Crippen molar-refractivity contribution in [2.75, 3.05) is 6.61 Å². The highest BCUT2D eigenvalue weighted by molar-refractivity contribution is 6.29. The molecule has 0 aliphatic carbocycles. The number of carboxylic acid groups (broad SMARTS) is 1. The normalized spacial score (nSPS) is 16.7. The molecular formula is C6H8ClF3O3. The van der Waals surface area contributed by atoms with E-state index in [1.165, 1.54) is 0 Å². The minimum Gasteiger partial charge on any atom is -0.480 e. The molecule has 0 heterocycles. The molecule has 0 aromatic rings. The summed E-state index contributed by atoms with van der Waals surface area (Å²) in [5.74, 6) is -1.41. The van der Waals surface area contributed by atoms with Crippen LogP contribution in [0.15, 0.2) is 0 Å². The Morgan fingerprint density at radius 2 is 2.08 bits per heavy atom. The number of hydrogen-bond donors (Lipinski definition) is 1. The van der Waals surface area contributed by atoms with Crippen LogP contribution in [-0.2, 0) is 9.53 Å². The standard InChI is InChI=1S/C6H8ClF3O3/c1-3(6(8,9)10)13-2-4(7)5(11)12/h3-4H,2H2,1H3,(H,11,12). The number of alkyl halides is 4. The zero-order valence-electron chi connectivity index (χ0n) is 6.64. The summed E-state index contributed by atoms with van der Waals surface area (Å²) in [7, 11) is 0. The van der Waals surface area contributed by atoms with Crippen LogP contribution in [0.25, 0.3) is 0 Å². The number of rotatable bonds is 4. The van der Waals surface area contributed by atoms with Crippen molar-refractivity contribution in [3.8, 4) is 0 Å². The van der Waals surface area contributed by atoms with Gasteiger partial charge in [0.15, 0.2) is 11.5 Å². The lowest BCUT2D eigenvalue weighted by Gasteiger charge is -2.16. The van der Waals surface area contributed by atoms with E-state index in [-0.39, 0.29) is 0 Å². The molecule has 0 saturated heterocycles. The van der Waals surface area contributed by atoms with E-state index in [1.54, 1.807) is 0 Å². The molecule has 0 spiro atoms. The molecule has 0 amide bonds. The van der Waals surface area contributed by atoms with Crippen LogP contribution in [0.3, 0.4) is 0 Å². The molecule has 0 radical (unpaired) electrons. The molecule has 2 unspecified atom stereocenters. The van der Waals surface area contributed by atoms with Crippen LogP contribution in [0.2, 0.25) is 0 Å². The molecule has 0 saturated carbocycles. The third-order valence-electron chi connectivity index (χ3n) is 1.22. The highest BCUT2D eigenvalue weighted by atomic mass is 35.5. The Morgan fingerprint density at radius 3 is 2.38 bits per heavy atom. The van der Waals surface area contributed by atoms with Gasteiger partial charge in [0.05, 0.1) is 6.61 Å². The highest BCUT2D eigenvalue weighted by Crippen LogP contribution is 2.22. The molecule has 2 atom stereocenters. The van der Waals surface area contributed by atoms with Gasteiger partial charge < -0.3 is 9.84 Å².